The fourth-order valence-electron chi connectivity index (χ4n) is 4.69. The van der Waals surface area contributed by atoms with Gasteiger partial charge in [0.05, 0.1) is 40.9 Å². The summed E-state index contributed by atoms with van der Waals surface area (Å²) in [5.41, 5.74) is 6.46. The Bertz CT molecular complexity index is 1560. The zero-order valence-corrected chi connectivity index (χ0v) is 21.3. The van der Waals surface area contributed by atoms with Crippen LogP contribution in [-0.4, -0.2) is 59.5 Å². The summed E-state index contributed by atoms with van der Waals surface area (Å²) < 4.78 is 0. The first-order chi connectivity index (χ1) is 17.9. The molecule has 37 heavy (non-hydrogen) atoms. The molecule has 1 aliphatic rings. The Morgan fingerprint density at radius 2 is 1.76 bits per heavy atom. The third-order valence-electron chi connectivity index (χ3n) is 6.91. The number of hydrogen-bond acceptors (Lipinski definition) is 8. The van der Waals surface area contributed by atoms with Crippen molar-refractivity contribution >= 4 is 33.4 Å². The molecular formula is C27H31N9O. The zero-order chi connectivity index (χ0) is 25.6. The molecule has 0 aromatic carbocycles. The number of pyridine rings is 3. The summed E-state index contributed by atoms with van der Waals surface area (Å²) in [6.45, 7) is 7.98. The van der Waals surface area contributed by atoms with Crippen molar-refractivity contribution in [3.8, 4) is 22.6 Å². The van der Waals surface area contributed by atoms with Gasteiger partial charge in [0.25, 0.3) is 0 Å². The van der Waals surface area contributed by atoms with E-state index in [1.165, 1.54) is 19.3 Å². The van der Waals surface area contributed by atoms with Crippen LogP contribution in [0.1, 0.15) is 40.0 Å². The lowest BCUT2D eigenvalue weighted by Crippen LogP contribution is -2.33. The van der Waals surface area contributed by atoms with Crippen LogP contribution in [0.25, 0.3) is 44.7 Å². The minimum Gasteiger partial charge on any atom is -0.373 e. The van der Waals surface area contributed by atoms with E-state index in [1.807, 2.05) is 45.3 Å². The quantitative estimate of drug-likeness (QED) is 0.256. The van der Waals surface area contributed by atoms with Crippen molar-refractivity contribution in [2.75, 3.05) is 23.3 Å². The van der Waals surface area contributed by atoms with Crippen LogP contribution in [0.15, 0.2) is 43.1 Å². The highest BCUT2D eigenvalue weighted by Crippen LogP contribution is 2.33. The molecule has 4 N–H and O–H groups in total. The van der Waals surface area contributed by atoms with Crippen LogP contribution in [0.5, 0.6) is 0 Å². The molecular weight excluding hydrogens is 466 g/mol. The van der Waals surface area contributed by atoms with Crippen LogP contribution in [0.4, 0.5) is 11.4 Å². The van der Waals surface area contributed by atoms with Gasteiger partial charge in [-0.3, -0.25) is 15.1 Å². The number of anilines is 2. The topological polar surface area (TPSA) is 132 Å². The number of aliphatic hydroxyl groups is 1. The average Bonchev–Trinajstić information content (AvgIpc) is 3.52. The molecule has 1 unspecified atom stereocenters. The molecule has 1 atom stereocenters. The van der Waals surface area contributed by atoms with Gasteiger partial charge in [0.2, 0.25) is 0 Å². The molecule has 5 aromatic rings. The van der Waals surface area contributed by atoms with E-state index in [-0.39, 0.29) is 5.41 Å². The number of H-pyrrole nitrogens is 2. The second-order valence-corrected chi connectivity index (χ2v) is 10.8. The first-order valence-corrected chi connectivity index (χ1v) is 12.7. The predicted octanol–water partition coefficient (Wildman–Crippen LogP) is 4.72. The molecule has 1 fully saturated rings. The van der Waals surface area contributed by atoms with Crippen LogP contribution in [0.3, 0.4) is 0 Å². The first-order valence-electron chi connectivity index (χ1n) is 12.7. The maximum Gasteiger partial charge on any atom is 0.181 e. The molecule has 0 saturated carbocycles. The van der Waals surface area contributed by atoms with Gasteiger partial charge in [-0.15, -0.1) is 0 Å². The SMILES string of the molecule is CC(C)(C)C(O)Nc1cncc(-c2cnc3n[nH]c(-c4nc5c(N6CCCCC6)cncc5[nH]4)c3c2)c1. The van der Waals surface area contributed by atoms with Gasteiger partial charge in [0.1, 0.15) is 17.4 Å². The van der Waals surface area contributed by atoms with Crippen LogP contribution in [0, 0.1) is 5.41 Å². The number of piperidine rings is 1. The van der Waals surface area contributed by atoms with E-state index < -0.39 is 6.23 Å². The summed E-state index contributed by atoms with van der Waals surface area (Å²) in [7, 11) is 0. The fraction of sp³-hybridized carbons (Fsp3) is 0.370. The second kappa shape index (κ2) is 9.11. The third-order valence-corrected chi connectivity index (χ3v) is 6.91. The van der Waals surface area contributed by atoms with Gasteiger partial charge < -0.3 is 20.3 Å². The molecule has 6 heterocycles. The van der Waals surface area contributed by atoms with Crippen LogP contribution in [-0.2, 0) is 0 Å². The number of rotatable bonds is 5. The van der Waals surface area contributed by atoms with Gasteiger partial charge in [-0.25, -0.2) is 9.97 Å². The normalized spacial score (nSPS) is 15.4. The zero-order valence-electron chi connectivity index (χ0n) is 21.3. The third kappa shape index (κ3) is 4.48. The van der Waals surface area contributed by atoms with Crippen molar-refractivity contribution < 1.29 is 5.11 Å². The standard InChI is InChI=1S/C27H31N9O/c1-27(2,3)26(37)31-18-9-16(11-28-13-18)17-10-19-22(34-35-24(19)30-12-17)25-32-20-14-29-15-21(23(20)33-25)36-7-5-4-6-8-36/h9-15,26,31,37H,4-8H2,1-3H3,(H,32,33)(H,30,34,35). The lowest BCUT2D eigenvalue weighted by Gasteiger charge is -2.28. The van der Waals surface area contributed by atoms with E-state index in [1.54, 1.807) is 18.6 Å². The fourth-order valence-corrected chi connectivity index (χ4v) is 4.69. The molecule has 5 aromatic heterocycles. The Balaban J connectivity index is 1.36. The minimum atomic E-state index is -0.706. The van der Waals surface area contributed by atoms with Gasteiger partial charge in [0, 0.05) is 42.0 Å². The molecule has 0 amide bonds. The molecule has 1 aliphatic heterocycles. The van der Waals surface area contributed by atoms with Crippen molar-refractivity contribution in [1.29, 1.82) is 0 Å². The van der Waals surface area contributed by atoms with Crippen molar-refractivity contribution in [3.63, 3.8) is 0 Å². The van der Waals surface area contributed by atoms with Crippen molar-refractivity contribution in [2.45, 2.75) is 46.3 Å². The first kappa shape index (κ1) is 23.4. The van der Waals surface area contributed by atoms with Crippen LogP contribution >= 0.6 is 0 Å². The Hall–Kier alpha value is -4.05. The molecule has 6 rings (SSSR count). The van der Waals surface area contributed by atoms with Gasteiger partial charge in [0.15, 0.2) is 11.5 Å². The van der Waals surface area contributed by atoms with Gasteiger partial charge in [-0.1, -0.05) is 20.8 Å². The molecule has 1 saturated heterocycles. The Labute approximate surface area is 214 Å². The number of imidazole rings is 1. The largest absolute Gasteiger partial charge is 0.373 e. The summed E-state index contributed by atoms with van der Waals surface area (Å²) in [5.74, 6) is 0.699. The molecule has 190 valence electrons. The van der Waals surface area contributed by atoms with E-state index in [9.17, 15) is 5.11 Å². The Kier molecular flexibility index (Phi) is 5.75. The predicted molar refractivity (Wildman–Crippen MR) is 145 cm³/mol. The number of nitrogens with zero attached hydrogens (tertiary/aromatic N) is 6. The molecule has 0 spiro atoms. The number of nitrogens with one attached hydrogen (secondary N) is 3. The lowest BCUT2D eigenvalue weighted by molar-refractivity contribution is 0.0880. The number of aromatic nitrogens is 7. The van der Waals surface area contributed by atoms with Gasteiger partial charge in [-0.2, -0.15) is 5.10 Å². The van der Waals surface area contributed by atoms with E-state index in [4.69, 9.17) is 4.98 Å². The van der Waals surface area contributed by atoms with Crippen molar-refractivity contribution in [2.24, 2.45) is 5.41 Å². The summed E-state index contributed by atoms with van der Waals surface area (Å²) in [5, 5.41) is 22.0. The Morgan fingerprint density at radius 3 is 2.57 bits per heavy atom. The summed E-state index contributed by atoms with van der Waals surface area (Å²) in [4.78, 5) is 24.2. The highest BCUT2D eigenvalue weighted by Gasteiger charge is 2.22. The van der Waals surface area contributed by atoms with E-state index in [0.717, 1.165) is 57.7 Å². The number of fused-ring (bicyclic) bond motifs is 2. The summed E-state index contributed by atoms with van der Waals surface area (Å²) in [6.07, 6.45) is 11.9. The highest BCUT2D eigenvalue weighted by atomic mass is 16.3. The monoisotopic (exact) mass is 497 g/mol. The Morgan fingerprint density at radius 1 is 0.973 bits per heavy atom. The number of aromatic amines is 2. The van der Waals surface area contributed by atoms with Crippen LogP contribution < -0.4 is 10.2 Å². The maximum absolute atomic E-state index is 10.5. The summed E-state index contributed by atoms with van der Waals surface area (Å²) in [6, 6.07) is 4.00. The summed E-state index contributed by atoms with van der Waals surface area (Å²) >= 11 is 0. The minimum absolute atomic E-state index is 0.307. The van der Waals surface area contributed by atoms with E-state index in [0.29, 0.717) is 11.5 Å². The van der Waals surface area contributed by atoms with Gasteiger partial charge in [-0.05, 0) is 31.4 Å². The molecule has 10 nitrogen and oxygen atoms in total. The van der Waals surface area contributed by atoms with E-state index >= 15 is 0 Å². The molecule has 0 radical (unpaired) electrons. The number of hydrogen-bond donors (Lipinski definition) is 4. The van der Waals surface area contributed by atoms with Gasteiger partial charge >= 0.3 is 0 Å². The maximum atomic E-state index is 10.5. The lowest BCUT2D eigenvalue weighted by atomic mass is 9.94. The average molecular weight is 498 g/mol. The van der Waals surface area contributed by atoms with E-state index in [2.05, 4.69) is 40.3 Å². The number of aliphatic hydroxyl groups excluding tert-OH is 1. The molecule has 0 aliphatic carbocycles. The molecule has 0 bridgehead atoms. The smallest absolute Gasteiger partial charge is 0.181 e. The van der Waals surface area contributed by atoms with Crippen molar-refractivity contribution in [1.82, 2.24) is 35.1 Å². The van der Waals surface area contributed by atoms with Crippen molar-refractivity contribution in [3.05, 3.63) is 43.1 Å². The highest BCUT2D eigenvalue weighted by molar-refractivity contribution is 5.95. The second-order valence-electron chi connectivity index (χ2n) is 10.8. The molecule has 10 heteroatoms. The van der Waals surface area contributed by atoms with Crippen LogP contribution in [0.2, 0.25) is 0 Å².